The molecule has 0 unspecified atom stereocenters. The standard InChI is InChI=1S/C26H26N2O3/c1-19(27-26(30)31-18-21-13-7-3-8-14-21)23-24(22-15-9-4-10-16-22)28(25(23)29)17-20-11-5-2-6-12-20/h2-16,19,23-24H,17-18H2,1H3,(H,27,30)/t19-,23+,24-/m0/s1. The fraction of sp³-hybridized carbons (Fsp3) is 0.231. The van der Waals surface area contributed by atoms with Crippen LogP contribution in [0, 0.1) is 5.92 Å². The molecule has 0 bridgehead atoms. The molecule has 3 aromatic rings. The van der Waals surface area contributed by atoms with Crippen LogP contribution in [0.3, 0.4) is 0 Å². The van der Waals surface area contributed by atoms with E-state index < -0.39 is 6.09 Å². The number of nitrogens with zero attached hydrogens (tertiary/aromatic N) is 1. The van der Waals surface area contributed by atoms with Crippen molar-refractivity contribution >= 4 is 12.0 Å². The molecule has 31 heavy (non-hydrogen) atoms. The van der Waals surface area contributed by atoms with Crippen molar-refractivity contribution in [3.63, 3.8) is 0 Å². The summed E-state index contributed by atoms with van der Waals surface area (Å²) in [4.78, 5) is 27.3. The van der Waals surface area contributed by atoms with Crippen molar-refractivity contribution in [3.05, 3.63) is 108 Å². The summed E-state index contributed by atoms with van der Waals surface area (Å²) in [5.74, 6) is -0.302. The summed E-state index contributed by atoms with van der Waals surface area (Å²) in [7, 11) is 0. The second-order valence-electron chi connectivity index (χ2n) is 7.83. The molecule has 3 atom stereocenters. The van der Waals surface area contributed by atoms with Gasteiger partial charge in [0.05, 0.1) is 12.0 Å². The van der Waals surface area contributed by atoms with Crippen LogP contribution in [0.4, 0.5) is 4.79 Å². The molecule has 1 fully saturated rings. The summed E-state index contributed by atoms with van der Waals surface area (Å²) < 4.78 is 5.34. The zero-order chi connectivity index (χ0) is 21.6. The van der Waals surface area contributed by atoms with Crippen LogP contribution in [0.25, 0.3) is 0 Å². The molecule has 1 aliphatic heterocycles. The molecule has 0 saturated carbocycles. The first-order chi connectivity index (χ1) is 15.1. The zero-order valence-electron chi connectivity index (χ0n) is 17.5. The molecule has 1 saturated heterocycles. The number of hydrogen-bond donors (Lipinski definition) is 1. The molecule has 158 valence electrons. The quantitative estimate of drug-likeness (QED) is 0.570. The lowest BCUT2D eigenvalue weighted by atomic mass is 9.77. The van der Waals surface area contributed by atoms with Gasteiger partial charge >= 0.3 is 6.09 Å². The fourth-order valence-electron chi connectivity index (χ4n) is 4.10. The Morgan fingerprint density at radius 2 is 1.45 bits per heavy atom. The number of benzene rings is 3. The summed E-state index contributed by atoms with van der Waals surface area (Å²) >= 11 is 0. The van der Waals surface area contributed by atoms with Crippen molar-refractivity contribution in [1.29, 1.82) is 0 Å². The molecule has 4 rings (SSSR count). The van der Waals surface area contributed by atoms with E-state index in [-0.39, 0.29) is 30.5 Å². The van der Waals surface area contributed by atoms with Crippen molar-refractivity contribution in [1.82, 2.24) is 10.2 Å². The number of hydrogen-bond acceptors (Lipinski definition) is 3. The summed E-state index contributed by atoms with van der Waals surface area (Å²) in [6, 6.07) is 29.0. The Morgan fingerprint density at radius 1 is 0.903 bits per heavy atom. The fourth-order valence-corrected chi connectivity index (χ4v) is 4.10. The summed E-state index contributed by atoms with van der Waals surface area (Å²) in [6.45, 7) is 2.60. The highest BCUT2D eigenvalue weighted by atomic mass is 16.5. The van der Waals surface area contributed by atoms with E-state index in [2.05, 4.69) is 5.32 Å². The van der Waals surface area contributed by atoms with Crippen LogP contribution in [-0.2, 0) is 22.7 Å². The molecule has 1 heterocycles. The van der Waals surface area contributed by atoms with E-state index in [4.69, 9.17) is 4.74 Å². The minimum Gasteiger partial charge on any atom is -0.445 e. The van der Waals surface area contributed by atoms with Crippen LogP contribution in [-0.4, -0.2) is 22.9 Å². The van der Waals surface area contributed by atoms with Gasteiger partial charge in [0.2, 0.25) is 5.91 Å². The van der Waals surface area contributed by atoms with Gasteiger partial charge in [-0.25, -0.2) is 4.79 Å². The number of rotatable bonds is 7. The van der Waals surface area contributed by atoms with Crippen LogP contribution < -0.4 is 5.32 Å². The number of alkyl carbamates (subject to hydrolysis) is 1. The van der Waals surface area contributed by atoms with Gasteiger partial charge in [-0.05, 0) is 23.6 Å². The minimum atomic E-state index is -0.516. The predicted octanol–water partition coefficient (Wildman–Crippen LogP) is 4.70. The van der Waals surface area contributed by atoms with Crippen LogP contribution in [0.15, 0.2) is 91.0 Å². The highest BCUT2D eigenvalue weighted by Gasteiger charge is 2.50. The normalized spacial score (nSPS) is 18.7. The molecule has 0 aromatic heterocycles. The lowest BCUT2D eigenvalue weighted by Crippen LogP contribution is -2.61. The smallest absolute Gasteiger partial charge is 0.407 e. The van der Waals surface area contributed by atoms with Gasteiger partial charge in [0.25, 0.3) is 0 Å². The maximum absolute atomic E-state index is 13.1. The first-order valence-corrected chi connectivity index (χ1v) is 10.5. The van der Waals surface area contributed by atoms with Crippen molar-refractivity contribution in [3.8, 4) is 0 Å². The lowest BCUT2D eigenvalue weighted by molar-refractivity contribution is -0.160. The van der Waals surface area contributed by atoms with Gasteiger partial charge in [-0.2, -0.15) is 0 Å². The lowest BCUT2D eigenvalue weighted by Gasteiger charge is -2.50. The minimum absolute atomic E-state index is 0.0357. The molecule has 0 aliphatic carbocycles. The van der Waals surface area contributed by atoms with Crippen LogP contribution in [0.2, 0.25) is 0 Å². The Balaban J connectivity index is 1.44. The van der Waals surface area contributed by atoms with Crippen molar-refractivity contribution in [2.75, 3.05) is 0 Å². The Hall–Kier alpha value is -3.60. The van der Waals surface area contributed by atoms with E-state index >= 15 is 0 Å². The maximum atomic E-state index is 13.1. The monoisotopic (exact) mass is 414 g/mol. The van der Waals surface area contributed by atoms with E-state index in [0.29, 0.717) is 6.54 Å². The zero-order valence-corrected chi connectivity index (χ0v) is 17.5. The Kier molecular flexibility index (Phi) is 6.32. The Morgan fingerprint density at radius 3 is 2.06 bits per heavy atom. The molecule has 5 nitrogen and oxygen atoms in total. The maximum Gasteiger partial charge on any atom is 0.407 e. The summed E-state index contributed by atoms with van der Waals surface area (Å²) in [5.41, 5.74) is 3.06. The van der Waals surface area contributed by atoms with Crippen molar-refractivity contribution in [2.24, 2.45) is 5.92 Å². The summed E-state index contributed by atoms with van der Waals surface area (Å²) in [6.07, 6.45) is -0.516. The average Bonchev–Trinajstić information content (AvgIpc) is 2.81. The number of carbonyl (C=O) groups excluding carboxylic acids is 2. The number of β-lactam (4-membered cyclic amide) rings is 1. The van der Waals surface area contributed by atoms with E-state index in [1.165, 1.54) is 0 Å². The number of carbonyl (C=O) groups is 2. The number of amides is 2. The molecular formula is C26H26N2O3. The van der Waals surface area contributed by atoms with E-state index in [0.717, 1.165) is 16.7 Å². The average molecular weight is 415 g/mol. The highest BCUT2D eigenvalue weighted by Crippen LogP contribution is 2.43. The van der Waals surface area contributed by atoms with Crippen LogP contribution >= 0.6 is 0 Å². The first-order valence-electron chi connectivity index (χ1n) is 10.5. The molecule has 0 radical (unpaired) electrons. The molecule has 3 aromatic carbocycles. The van der Waals surface area contributed by atoms with E-state index in [1.54, 1.807) is 0 Å². The van der Waals surface area contributed by atoms with E-state index in [9.17, 15) is 9.59 Å². The van der Waals surface area contributed by atoms with Crippen molar-refractivity contribution < 1.29 is 14.3 Å². The third-order valence-electron chi connectivity index (χ3n) is 5.68. The molecule has 5 heteroatoms. The topological polar surface area (TPSA) is 58.6 Å². The molecule has 1 N–H and O–H groups in total. The van der Waals surface area contributed by atoms with Crippen LogP contribution in [0.1, 0.15) is 29.7 Å². The highest BCUT2D eigenvalue weighted by molar-refractivity contribution is 5.88. The molecule has 2 amide bonds. The number of ether oxygens (including phenoxy) is 1. The Bertz CT molecular complexity index is 1010. The predicted molar refractivity (Wildman–Crippen MR) is 119 cm³/mol. The van der Waals surface area contributed by atoms with Gasteiger partial charge in [-0.3, -0.25) is 4.79 Å². The number of nitrogens with one attached hydrogen (secondary N) is 1. The second-order valence-corrected chi connectivity index (χ2v) is 7.83. The molecule has 1 aliphatic rings. The third kappa shape index (κ3) is 4.77. The summed E-state index contributed by atoms with van der Waals surface area (Å²) in [5, 5.41) is 2.86. The SMILES string of the molecule is C[C@H](NC(=O)OCc1ccccc1)[C@H]1C(=O)N(Cc2ccccc2)[C@H]1c1ccccc1. The second kappa shape index (κ2) is 9.47. The Labute approximate surface area is 182 Å². The molecular weight excluding hydrogens is 388 g/mol. The largest absolute Gasteiger partial charge is 0.445 e. The first kappa shape index (κ1) is 20.7. The third-order valence-corrected chi connectivity index (χ3v) is 5.68. The van der Waals surface area contributed by atoms with Gasteiger partial charge in [-0.15, -0.1) is 0 Å². The van der Waals surface area contributed by atoms with Crippen molar-refractivity contribution in [2.45, 2.75) is 32.2 Å². The number of likely N-dealkylation sites (tertiary alicyclic amines) is 1. The van der Waals surface area contributed by atoms with Gasteiger partial charge in [0, 0.05) is 12.6 Å². The van der Waals surface area contributed by atoms with Crippen LogP contribution in [0.5, 0.6) is 0 Å². The van der Waals surface area contributed by atoms with Gasteiger partial charge in [0.15, 0.2) is 0 Å². The van der Waals surface area contributed by atoms with Gasteiger partial charge < -0.3 is 15.0 Å². The molecule has 0 spiro atoms. The van der Waals surface area contributed by atoms with Gasteiger partial charge in [0.1, 0.15) is 6.61 Å². The van der Waals surface area contributed by atoms with Gasteiger partial charge in [-0.1, -0.05) is 91.0 Å². The van der Waals surface area contributed by atoms with E-state index in [1.807, 2.05) is 103 Å².